The molecule has 0 radical (unpaired) electrons. The Morgan fingerprint density at radius 1 is 0.867 bits per heavy atom. The van der Waals surface area contributed by atoms with Crippen molar-refractivity contribution in [3.05, 3.63) is 0 Å². The van der Waals surface area contributed by atoms with Crippen molar-refractivity contribution < 1.29 is 42.9 Å². The van der Waals surface area contributed by atoms with E-state index in [1.807, 2.05) is 0 Å². The van der Waals surface area contributed by atoms with Gasteiger partial charge in [0, 0.05) is 34.3 Å². The summed E-state index contributed by atoms with van der Waals surface area (Å²) in [5.41, 5.74) is 0. The van der Waals surface area contributed by atoms with E-state index in [9.17, 15) is 19.2 Å². The van der Waals surface area contributed by atoms with Crippen LogP contribution in [0.5, 0.6) is 0 Å². The molecule has 1 aliphatic rings. The lowest BCUT2D eigenvalue weighted by molar-refractivity contribution is -0.277. The first-order chi connectivity index (χ1) is 14.1. The molecular formula is C20H33NO9. The Labute approximate surface area is 176 Å². The van der Waals surface area contributed by atoms with Gasteiger partial charge in [-0.1, -0.05) is 26.2 Å². The summed E-state index contributed by atoms with van der Waals surface area (Å²) in [5, 5.41) is 2.66. The van der Waals surface area contributed by atoms with Crippen molar-refractivity contribution in [2.75, 3.05) is 13.2 Å². The summed E-state index contributed by atoms with van der Waals surface area (Å²) < 4.78 is 27.5. The Hall–Kier alpha value is -2.20. The van der Waals surface area contributed by atoms with Crippen molar-refractivity contribution in [3.63, 3.8) is 0 Å². The van der Waals surface area contributed by atoms with Gasteiger partial charge in [0.1, 0.15) is 18.8 Å². The fraction of sp³-hybridized carbons (Fsp3) is 0.800. The third-order valence-corrected chi connectivity index (χ3v) is 4.35. The molecule has 0 bridgehead atoms. The van der Waals surface area contributed by atoms with Crippen molar-refractivity contribution in [1.82, 2.24) is 5.32 Å². The molecule has 1 N–H and O–H groups in total. The van der Waals surface area contributed by atoms with E-state index in [0.717, 1.165) is 25.7 Å². The van der Waals surface area contributed by atoms with Crippen LogP contribution in [0.1, 0.15) is 60.3 Å². The topological polar surface area (TPSA) is 126 Å². The van der Waals surface area contributed by atoms with Crippen LogP contribution in [0.25, 0.3) is 0 Å². The van der Waals surface area contributed by atoms with Gasteiger partial charge in [-0.25, -0.2) is 0 Å². The van der Waals surface area contributed by atoms with E-state index in [2.05, 4.69) is 12.2 Å². The van der Waals surface area contributed by atoms with Crippen LogP contribution in [-0.4, -0.2) is 67.7 Å². The Kier molecular flexibility index (Phi) is 11.3. The summed E-state index contributed by atoms with van der Waals surface area (Å²) in [6, 6.07) is -0.921. The number of ether oxygens (including phenoxy) is 5. The molecule has 1 rings (SSSR count). The molecule has 1 amide bonds. The first kappa shape index (κ1) is 25.8. The molecule has 0 aliphatic carbocycles. The highest BCUT2D eigenvalue weighted by molar-refractivity contribution is 5.73. The van der Waals surface area contributed by atoms with Gasteiger partial charge in [-0.05, 0) is 6.42 Å². The maximum atomic E-state index is 11.8. The summed E-state index contributed by atoms with van der Waals surface area (Å²) in [4.78, 5) is 46.5. The van der Waals surface area contributed by atoms with E-state index in [1.54, 1.807) is 0 Å². The molecule has 5 atom stereocenters. The standard InChI is InChI=1S/C20H33NO9/c1-6-7-8-9-10-26-20-17(21-12(2)22)19(29-15(5)25)18(28-14(4)24)16(30-20)11-27-13(3)23/h16-20H,6-11H2,1-5H3,(H,21,22)/t16-,17-,18+,19-,20+/m0/s1. The van der Waals surface area contributed by atoms with Crippen LogP contribution < -0.4 is 5.32 Å². The maximum absolute atomic E-state index is 11.8. The van der Waals surface area contributed by atoms with Gasteiger partial charge in [-0.3, -0.25) is 19.2 Å². The first-order valence-electron chi connectivity index (χ1n) is 10.2. The lowest BCUT2D eigenvalue weighted by Crippen LogP contribution is -2.66. The minimum Gasteiger partial charge on any atom is -0.463 e. The van der Waals surface area contributed by atoms with Crippen LogP contribution in [-0.2, 0) is 42.9 Å². The predicted octanol–water partition coefficient (Wildman–Crippen LogP) is 1.24. The van der Waals surface area contributed by atoms with E-state index >= 15 is 0 Å². The monoisotopic (exact) mass is 431 g/mol. The fourth-order valence-electron chi connectivity index (χ4n) is 3.16. The highest BCUT2D eigenvalue weighted by Gasteiger charge is 2.51. The zero-order valence-corrected chi connectivity index (χ0v) is 18.3. The third kappa shape index (κ3) is 9.08. The average molecular weight is 431 g/mol. The second-order valence-corrected chi connectivity index (χ2v) is 7.15. The Balaban J connectivity index is 3.13. The Morgan fingerprint density at radius 3 is 2.03 bits per heavy atom. The highest BCUT2D eigenvalue weighted by Crippen LogP contribution is 2.28. The number of amides is 1. The fourth-order valence-corrected chi connectivity index (χ4v) is 3.16. The van der Waals surface area contributed by atoms with Crippen LogP contribution in [0.15, 0.2) is 0 Å². The maximum Gasteiger partial charge on any atom is 0.303 e. The van der Waals surface area contributed by atoms with Crippen molar-refractivity contribution in [2.45, 2.75) is 90.9 Å². The van der Waals surface area contributed by atoms with Gasteiger partial charge >= 0.3 is 17.9 Å². The highest BCUT2D eigenvalue weighted by atomic mass is 16.7. The number of carbonyl (C=O) groups is 4. The molecule has 0 aromatic heterocycles. The van der Waals surface area contributed by atoms with Crippen LogP contribution in [0.2, 0.25) is 0 Å². The summed E-state index contributed by atoms with van der Waals surface area (Å²) in [5.74, 6) is -2.23. The largest absolute Gasteiger partial charge is 0.463 e. The van der Waals surface area contributed by atoms with Gasteiger partial charge < -0.3 is 29.0 Å². The summed E-state index contributed by atoms with van der Waals surface area (Å²) in [6.45, 7) is 7.13. The molecule has 0 aromatic rings. The molecule has 30 heavy (non-hydrogen) atoms. The lowest BCUT2D eigenvalue weighted by atomic mass is 9.96. The number of rotatable bonds is 11. The molecule has 172 valence electrons. The van der Waals surface area contributed by atoms with E-state index in [1.165, 1.54) is 27.7 Å². The SMILES string of the molecule is CCCCCCO[C@@H]1O[C@@H](COC(C)=O)[C@@H](OC(C)=O)[C@@H](OC(C)=O)[C@@H]1NC(C)=O. The number of unbranched alkanes of at least 4 members (excludes halogenated alkanes) is 3. The van der Waals surface area contributed by atoms with E-state index in [0.29, 0.717) is 6.61 Å². The summed E-state index contributed by atoms with van der Waals surface area (Å²) in [7, 11) is 0. The van der Waals surface area contributed by atoms with Crippen LogP contribution in [0.4, 0.5) is 0 Å². The second-order valence-electron chi connectivity index (χ2n) is 7.15. The van der Waals surface area contributed by atoms with Crippen molar-refractivity contribution >= 4 is 23.8 Å². The van der Waals surface area contributed by atoms with E-state index < -0.39 is 54.5 Å². The van der Waals surface area contributed by atoms with Gasteiger partial charge in [-0.15, -0.1) is 0 Å². The summed E-state index contributed by atoms with van der Waals surface area (Å²) >= 11 is 0. The third-order valence-electron chi connectivity index (χ3n) is 4.35. The quantitative estimate of drug-likeness (QED) is 0.292. The number of nitrogens with one attached hydrogen (secondary N) is 1. The zero-order valence-electron chi connectivity index (χ0n) is 18.3. The Morgan fingerprint density at radius 2 is 1.50 bits per heavy atom. The van der Waals surface area contributed by atoms with Gasteiger partial charge in [0.2, 0.25) is 5.91 Å². The van der Waals surface area contributed by atoms with Crippen molar-refractivity contribution in [2.24, 2.45) is 0 Å². The van der Waals surface area contributed by atoms with Crippen molar-refractivity contribution in [3.8, 4) is 0 Å². The molecule has 1 fully saturated rings. The van der Waals surface area contributed by atoms with Crippen molar-refractivity contribution in [1.29, 1.82) is 0 Å². The van der Waals surface area contributed by atoms with Gasteiger partial charge in [0.15, 0.2) is 18.5 Å². The summed E-state index contributed by atoms with van der Waals surface area (Å²) in [6.07, 6.45) is -0.274. The number of carbonyl (C=O) groups excluding carboxylic acids is 4. The van der Waals surface area contributed by atoms with Crippen LogP contribution >= 0.6 is 0 Å². The minimum atomic E-state index is -1.11. The number of hydrogen-bond donors (Lipinski definition) is 1. The molecule has 1 aliphatic heterocycles. The van der Waals surface area contributed by atoms with E-state index in [4.69, 9.17) is 23.7 Å². The van der Waals surface area contributed by atoms with Gasteiger partial charge in [-0.2, -0.15) is 0 Å². The molecule has 0 spiro atoms. The minimum absolute atomic E-state index is 0.243. The Bertz CT molecular complexity index is 595. The lowest BCUT2D eigenvalue weighted by Gasteiger charge is -2.44. The molecule has 10 heteroatoms. The smallest absolute Gasteiger partial charge is 0.303 e. The molecule has 0 aromatic carbocycles. The molecule has 1 saturated heterocycles. The van der Waals surface area contributed by atoms with E-state index in [-0.39, 0.29) is 6.61 Å². The van der Waals surface area contributed by atoms with Gasteiger partial charge in [0.25, 0.3) is 0 Å². The molecular weight excluding hydrogens is 398 g/mol. The normalized spacial score (nSPS) is 25.8. The first-order valence-corrected chi connectivity index (χ1v) is 10.2. The molecule has 0 saturated carbocycles. The predicted molar refractivity (Wildman–Crippen MR) is 104 cm³/mol. The average Bonchev–Trinajstić information content (AvgIpc) is 2.63. The van der Waals surface area contributed by atoms with Crippen LogP contribution in [0.3, 0.4) is 0 Å². The van der Waals surface area contributed by atoms with Crippen LogP contribution in [0, 0.1) is 0 Å². The molecule has 10 nitrogen and oxygen atoms in total. The second kappa shape index (κ2) is 13.2. The molecule has 1 heterocycles. The number of esters is 3. The molecule has 0 unspecified atom stereocenters. The van der Waals surface area contributed by atoms with Gasteiger partial charge in [0.05, 0.1) is 0 Å². The zero-order chi connectivity index (χ0) is 22.7. The number of hydrogen-bond acceptors (Lipinski definition) is 9.